The second-order valence-corrected chi connectivity index (χ2v) is 5.98. The molecule has 0 amide bonds. The zero-order valence-electron chi connectivity index (χ0n) is 12.9. The lowest BCUT2D eigenvalue weighted by molar-refractivity contribution is -0.139. The molecule has 6 heteroatoms. The summed E-state index contributed by atoms with van der Waals surface area (Å²) in [7, 11) is 0. The molecule has 0 spiro atoms. The summed E-state index contributed by atoms with van der Waals surface area (Å²) in [6, 6.07) is 10.4. The highest BCUT2D eigenvalue weighted by atomic mass is 19.4. The fourth-order valence-electron chi connectivity index (χ4n) is 3.01. The minimum absolute atomic E-state index is 0.0964. The zero-order chi connectivity index (χ0) is 17.5. The molecule has 0 aliphatic carbocycles. The van der Waals surface area contributed by atoms with Gasteiger partial charge in [0.05, 0.1) is 5.56 Å². The number of carbonyl (C=O) groups is 1. The van der Waals surface area contributed by atoms with Gasteiger partial charge < -0.3 is 9.84 Å². The molecule has 0 saturated carbocycles. The molecule has 126 valence electrons. The van der Waals surface area contributed by atoms with E-state index in [-0.39, 0.29) is 12.8 Å². The van der Waals surface area contributed by atoms with Gasteiger partial charge in [0.2, 0.25) is 0 Å². The van der Waals surface area contributed by atoms with E-state index in [0.717, 1.165) is 12.1 Å². The van der Waals surface area contributed by atoms with E-state index in [1.165, 1.54) is 6.07 Å². The maximum atomic E-state index is 13.0. The van der Waals surface area contributed by atoms with Gasteiger partial charge in [-0.25, -0.2) is 0 Å². The molecule has 2 aromatic carbocycles. The van der Waals surface area contributed by atoms with Crippen molar-refractivity contribution < 1.29 is 27.8 Å². The lowest BCUT2D eigenvalue weighted by Gasteiger charge is -2.37. The van der Waals surface area contributed by atoms with Gasteiger partial charge in [-0.05, 0) is 30.7 Å². The Morgan fingerprint density at radius 2 is 1.88 bits per heavy atom. The average molecular weight is 336 g/mol. The molecule has 1 N–H and O–H groups in total. The molecule has 2 aromatic rings. The van der Waals surface area contributed by atoms with Crippen LogP contribution in [0.25, 0.3) is 11.1 Å². The summed E-state index contributed by atoms with van der Waals surface area (Å²) in [5.41, 5.74) is 0.0553. The van der Waals surface area contributed by atoms with Gasteiger partial charge in [0, 0.05) is 24.0 Å². The third kappa shape index (κ3) is 2.84. The minimum Gasteiger partial charge on any atom is -0.482 e. The Balaban J connectivity index is 2.12. The number of carboxylic acids is 1. The smallest absolute Gasteiger partial charge is 0.416 e. The molecule has 1 heterocycles. The first-order valence-electron chi connectivity index (χ1n) is 7.43. The molecular formula is C18H15F3O3. The van der Waals surface area contributed by atoms with Crippen LogP contribution in [0, 0.1) is 0 Å². The van der Waals surface area contributed by atoms with E-state index >= 15 is 0 Å². The molecule has 0 radical (unpaired) electrons. The fourth-order valence-corrected chi connectivity index (χ4v) is 3.01. The van der Waals surface area contributed by atoms with Gasteiger partial charge in [0.1, 0.15) is 11.4 Å². The van der Waals surface area contributed by atoms with Gasteiger partial charge in [0.15, 0.2) is 0 Å². The van der Waals surface area contributed by atoms with E-state index < -0.39 is 23.3 Å². The van der Waals surface area contributed by atoms with Crippen LogP contribution >= 0.6 is 0 Å². The van der Waals surface area contributed by atoms with Crippen LogP contribution in [0.5, 0.6) is 5.75 Å². The normalized spacial score (nSPS) is 19.2. The van der Waals surface area contributed by atoms with Crippen LogP contribution in [-0.4, -0.2) is 11.1 Å². The standard InChI is InChI=1S/C18H15F3O3/c1-17(9-8-16(22)23)14-5-3-2-4-12(14)13-10-11(18(19,20)21)6-7-15(13)24-17/h2-7,10H,8-9H2,1H3,(H,22,23). The SMILES string of the molecule is CC1(CCC(=O)O)Oc2ccc(C(F)(F)F)cc2-c2ccccc21. The van der Waals surface area contributed by atoms with Gasteiger partial charge >= 0.3 is 12.1 Å². The number of hydrogen-bond donors (Lipinski definition) is 1. The molecule has 3 nitrogen and oxygen atoms in total. The summed E-state index contributed by atoms with van der Waals surface area (Å²) in [5, 5.41) is 8.95. The predicted molar refractivity (Wildman–Crippen MR) is 81.7 cm³/mol. The van der Waals surface area contributed by atoms with E-state index in [0.29, 0.717) is 22.4 Å². The number of benzene rings is 2. The third-order valence-corrected chi connectivity index (χ3v) is 4.25. The van der Waals surface area contributed by atoms with Crippen LogP contribution in [-0.2, 0) is 16.6 Å². The molecule has 1 aliphatic rings. The van der Waals surface area contributed by atoms with E-state index in [9.17, 15) is 18.0 Å². The van der Waals surface area contributed by atoms with Gasteiger partial charge in [0.25, 0.3) is 0 Å². The van der Waals surface area contributed by atoms with Crippen molar-refractivity contribution in [3.05, 3.63) is 53.6 Å². The van der Waals surface area contributed by atoms with Crippen LogP contribution in [0.3, 0.4) is 0 Å². The number of alkyl halides is 3. The van der Waals surface area contributed by atoms with E-state index in [2.05, 4.69) is 0 Å². The average Bonchev–Trinajstić information content (AvgIpc) is 2.52. The monoisotopic (exact) mass is 336 g/mol. The quantitative estimate of drug-likeness (QED) is 0.872. The molecule has 1 atom stereocenters. The van der Waals surface area contributed by atoms with Crippen molar-refractivity contribution >= 4 is 5.97 Å². The summed E-state index contributed by atoms with van der Waals surface area (Å²) in [6.45, 7) is 1.76. The summed E-state index contributed by atoms with van der Waals surface area (Å²) in [4.78, 5) is 10.9. The van der Waals surface area contributed by atoms with Crippen LogP contribution in [0.15, 0.2) is 42.5 Å². The Hall–Kier alpha value is -2.50. The molecule has 0 bridgehead atoms. The number of hydrogen-bond acceptors (Lipinski definition) is 2. The number of rotatable bonds is 3. The summed E-state index contributed by atoms with van der Waals surface area (Å²) in [6.07, 6.45) is -4.31. The van der Waals surface area contributed by atoms with Gasteiger partial charge in [-0.2, -0.15) is 13.2 Å². The highest BCUT2D eigenvalue weighted by Crippen LogP contribution is 2.48. The van der Waals surface area contributed by atoms with Crippen molar-refractivity contribution in [1.29, 1.82) is 0 Å². The first-order valence-corrected chi connectivity index (χ1v) is 7.43. The maximum Gasteiger partial charge on any atom is 0.416 e. The molecule has 1 aliphatic heterocycles. The molecular weight excluding hydrogens is 321 g/mol. The van der Waals surface area contributed by atoms with Crippen molar-refractivity contribution in [2.24, 2.45) is 0 Å². The van der Waals surface area contributed by atoms with Gasteiger partial charge in [-0.1, -0.05) is 24.3 Å². The number of fused-ring (bicyclic) bond motifs is 3. The third-order valence-electron chi connectivity index (χ3n) is 4.25. The van der Waals surface area contributed by atoms with Gasteiger partial charge in [-0.15, -0.1) is 0 Å². The molecule has 0 aromatic heterocycles. The van der Waals surface area contributed by atoms with E-state index in [1.807, 2.05) is 0 Å². The predicted octanol–water partition coefficient (Wildman–Crippen LogP) is 4.84. The first-order chi connectivity index (χ1) is 11.2. The van der Waals surface area contributed by atoms with Crippen LogP contribution in [0.2, 0.25) is 0 Å². The van der Waals surface area contributed by atoms with Gasteiger partial charge in [-0.3, -0.25) is 4.79 Å². The highest BCUT2D eigenvalue weighted by Gasteiger charge is 2.38. The van der Waals surface area contributed by atoms with E-state index in [4.69, 9.17) is 9.84 Å². The summed E-state index contributed by atoms with van der Waals surface area (Å²) >= 11 is 0. The number of aliphatic carboxylic acids is 1. The minimum atomic E-state index is -4.44. The lowest BCUT2D eigenvalue weighted by Crippen LogP contribution is -2.33. The van der Waals surface area contributed by atoms with Crippen LogP contribution in [0.4, 0.5) is 13.2 Å². The lowest BCUT2D eigenvalue weighted by atomic mass is 9.82. The topological polar surface area (TPSA) is 46.5 Å². The van der Waals surface area contributed by atoms with Crippen LogP contribution in [0.1, 0.15) is 30.9 Å². The molecule has 3 rings (SSSR count). The first kappa shape index (κ1) is 16.4. The Bertz CT molecular complexity index is 798. The number of carboxylic acid groups (broad SMARTS) is 1. The van der Waals surface area contributed by atoms with Crippen molar-refractivity contribution in [2.45, 2.75) is 31.5 Å². The number of ether oxygens (including phenoxy) is 1. The largest absolute Gasteiger partial charge is 0.482 e. The Kier molecular flexibility index (Phi) is 3.78. The molecule has 0 fully saturated rings. The summed E-state index contributed by atoms with van der Waals surface area (Å²) < 4.78 is 44.9. The van der Waals surface area contributed by atoms with E-state index in [1.54, 1.807) is 31.2 Å². The summed E-state index contributed by atoms with van der Waals surface area (Å²) in [5.74, 6) is -0.620. The van der Waals surface area contributed by atoms with Crippen molar-refractivity contribution in [2.75, 3.05) is 0 Å². The highest BCUT2D eigenvalue weighted by molar-refractivity contribution is 5.77. The zero-order valence-corrected chi connectivity index (χ0v) is 12.9. The van der Waals surface area contributed by atoms with Crippen molar-refractivity contribution in [3.8, 4) is 16.9 Å². The molecule has 24 heavy (non-hydrogen) atoms. The Labute approximate surface area is 136 Å². The fraction of sp³-hybridized carbons (Fsp3) is 0.278. The second-order valence-electron chi connectivity index (χ2n) is 5.98. The van der Waals surface area contributed by atoms with Crippen LogP contribution < -0.4 is 4.74 Å². The van der Waals surface area contributed by atoms with Crippen molar-refractivity contribution in [3.63, 3.8) is 0 Å². The second kappa shape index (κ2) is 5.54. The maximum absolute atomic E-state index is 13.0. The Morgan fingerprint density at radius 3 is 2.54 bits per heavy atom. The number of halogens is 3. The Morgan fingerprint density at radius 1 is 1.17 bits per heavy atom. The molecule has 0 saturated heterocycles. The van der Waals surface area contributed by atoms with Crippen molar-refractivity contribution in [1.82, 2.24) is 0 Å². The molecule has 1 unspecified atom stereocenters.